The molecule has 1 aromatic carbocycles. The van der Waals surface area contributed by atoms with Crippen LogP contribution in [0.25, 0.3) is 10.2 Å². The van der Waals surface area contributed by atoms with Crippen LogP contribution >= 0.6 is 11.3 Å². The Kier molecular flexibility index (Phi) is 4.47. The summed E-state index contributed by atoms with van der Waals surface area (Å²) in [6, 6.07) is 5.80. The highest BCUT2D eigenvalue weighted by atomic mass is 32.1. The van der Waals surface area contributed by atoms with Crippen LogP contribution < -0.4 is 9.47 Å². The molecule has 0 atom stereocenters. The number of hydrogen-bond donors (Lipinski definition) is 0. The normalized spacial score (nSPS) is 13.0. The van der Waals surface area contributed by atoms with Gasteiger partial charge in [0.05, 0.1) is 4.88 Å². The molecule has 0 radical (unpaired) electrons. The average molecular weight is 383 g/mol. The van der Waals surface area contributed by atoms with Crippen molar-refractivity contribution in [2.45, 2.75) is 27.3 Å². The molecule has 0 saturated heterocycles. The minimum Gasteiger partial charge on any atom is -0.486 e. The highest BCUT2D eigenvalue weighted by Crippen LogP contribution is 2.33. The highest BCUT2D eigenvalue weighted by molar-refractivity contribution is 7.20. The zero-order valence-corrected chi connectivity index (χ0v) is 16.6. The molecule has 1 aliphatic heterocycles. The number of hydrogen-bond acceptors (Lipinski definition) is 6. The maximum atomic E-state index is 13.1. The summed E-state index contributed by atoms with van der Waals surface area (Å²) >= 11 is 1.44. The predicted octanol–water partition coefficient (Wildman–Crippen LogP) is 3.66. The van der Waals surface area contributed by atoms with E-state index in [4.69, 9.17) is 9.47 Å². The van der Waals surface area contributed by atoms with Gasteiger partial charge in [-0.1, -0.05) is 6.07 Å². The largest absolute Gasteiger partial charge is 0.486 e. The average Bonchev–Trinajstić information content (AvgIpc) is 2.97. The molecule has 3 heterocycles. The molecule has 0 N–H and O–H groups in total. The summed E-state index contributed by atoms with van der Waals surface area (Å²) in [5, 5.41) is 0.988. The SMILES string of the molecule is Cc1nc(C)c2c(C)c(C(=O)N(C)Cc3ccc4c(c3)OCCO4)sc2n1. The number of carbonyl (C=O) groups is 1. The number of fused-ring (bicyclic) bond motifs is 2. The van der Waals surface area contributed by atoms with Crippen LogP contribution in [0.3, 0.4) is 0 Å². The van der Waals surface area contributed by atoms with E-state index in [1.807, 2.05) is 46.0 Å². The second-order valence-electron chi connectivity index (χ2n) is 6.73. The molecule has 140 valence electrons. The van der Waals surface area contributed by atoms with Gasteiger partial charge in [-0.15, -0.1) is 11.3 Å². The second kappa shape index (κ2) is 6.81. The highest BCUT2D eigenvalue weighted by Gasteiger charge is 2.22. The summed E-state index contributed by atoms with van der Waals surface area (Å²) in [5.74, 6) is 2.20. The Balaban J connectivity index is 1.60. The molecule has 1 amide bonds. The van der Waals surface area contributed by atoms with Crippen LogP contribution in [0.2, 0.25) is 0 Å². The van der Waals surface area contributed by atoms with Gasteiger partial charge < -0.3 is 14.4 Å². The van der Waals surface area contributed by atoms with Crippen LogP contribution in [0.1, 0.15) is 32.3 Å². The van der Waals surface area contributed by atoms with Crippen molar-refractivity contribution >= 4 is 27.5 Å². The van der Waals surface area contributed by atoms with E-state index in [2.05, 4.69) is 9.97 Å². The van der Waals surface area contributed by atoms with E-state index < -0.39 is 0 Å². The van der Waals surface area contributed by atoms with E-state index >= 15 is 0 Å². The van der Waals surface area contributed by atoms with Crippen molar-refractivity contribution in [3.63, 3.8) is 0 Å². The molecule has 0 bridgehead atoms. The molecule has 0 spiro atoms. The lowest BCUT2D eigenvalue weighted by molar-refractivity contribution is 0.0789. The number of aromatic nitrogens is 2. The van der Waals surface area contributed by atoms with Crippen molar-refractivity contribution in [1.29, 1.82) is 0 Å². The third kappa shape index (κ3) is 3.23. The number of ether oxygens (including phenoxy) is 2. The van der Waals surface area contributed by atoms with Crippen molar-refractivity contribution in [3.05, 3.63) is 45.7 Å². The fourth-order valence-electron chi connectivity index (χ4n) is 3.38. The molecule has 7 heteroatoms. The van der Waals surface area contributed by atoms with Gasteiger partial charge in [-0.3, -0.25) is 4.79 Å². The third-order valence-electron chi connectivity index (χ3n) is 4.65. The first-order valence-corrected chi connectivity index (χ1v) is 9.64. The molecule has 1 aliphatic rings. The second-order valence-corrected chi connectivity index (χ2v) is 7.73. The summed E-state index contributed by atoms with van der Waals surface area (Å²) in [4.78, 5) is 25.3. The van der Waals surface area contributed by atoms with E-state index in [1.54, 1.807) is 4.90 Å². The summed E-state index contributed by atoms with van der Waals surface area (Å²) in [6.07, 6.45) is 0. The zero-order chi connectivity index (χ0) is 19.1. The fourth-order valence-corrected chi connectivity index (χ4v) is 4.66. The summed E-state index contributed by atoms with van der Waals surface area (Å²) in [5.41, 5.74) is 2.87. The molecule has 6 nitrogen and oxygen atoms in total. The maximum Gasteiger partial charge on any atom is 0.264 e. The molecule has 0 fully saturated rings. The standard InChI is InChI=1S/C20H21N3O3S/c1-11-17-12(2)21-13(3)22-19(17)27-18(11)20(24)23(4)10-14-5-6-15-16(9-14)26-8-7-25-15/h5-6,9H,7-8,10H2,1-4H3. The Hall–Kier alpha value is -2.67. The van der Waals surface area contributed by atoms with Crippen LogP contribution in [0, 0.1) is 20.8 Å². The van der Waals surface area contributed by atoms with Gasteiger partial charge in [-0.25, -0.2) is 9.97 Å². The quantitative estimate of drug-likeness (QED) is 0.691. The Labute approximate surface area is 161 Å². The van der Waals surface area contributed by atoms with Gasteiger partial charge in [0.2, 0.25) is 0 Å². The monoisotopic (exact) mass is 383 g/mol. The van der Waals surface area contributed by atoms with Crippen molar-refractivity contribution in [3.8, 4) is 11.5 Å². The van der Waals surface area contributed by atoms with Crippen molar-refractivity contribution in [1.82, 2.24) is 14.9 Å². The van der Waals surface area contributed by atoms with Gasteiger partial charge in [0.25, 0.3) is 5.91 Å². The van der Waals surface area contributed by atoms with E-state index in [9.17, 15) is 4.79 Å². The first kappa shape index (κ1) is 17.7. The number of rotatable bonds is 3. The van der Waals surface area contributed by atoms with Gasteiger partial charge in [-0.05, 0) is 44.0 Å². The number of nitrogens with zero attached hydrogens (tertiary/aromatic N) is 3. The van der Waals surface area contributed by atoms with Crippen LogP contribution in [0.15, 0.2) is 18.2 Å². The Morgan fingerprint density at radius 3 is 2.67 bits per heavy atom. The van der Waals surface area contributed by atoms with E-state index in [1.165, 1.54) is 11.3 Å². The lowest BCUT2D eigenvalue weighted by atomic mass is 10.1. The Morgan fingerprint density at radius 2 is 1.89 bits per heavy atom. The number of carbonyl (C=O) groups excluding carboxylic acids is 1. The fraction of sp³-hybridized carbons (Fsp3) is 0.350. The minimum atomic E-state index is -0.0116. The van der Waals surface area contributed by atoms with E-state index in [0.29, 0.717) is 24.6 Å². The van der Waals surface area contributed by atoms with Gasteiger partial charge in [0.15, 0.2) is 11.5 Å². The van der Waals surface area contributed by atoms with Crippen molar-refractivity contribution in [2.24, 2.45) is 0 Å². The third-order valence-corrected chi connectivity index (χ3v) is 5.82. The molecule has 3 aromatic rings. The molecule has 27 heavy (non-hydrogen) atoms. The van der Waals surface area contributed by atoms with Crippen LogP contribution in [-0.4, -0.2) is 41.0 Å². The van der Waals surface area contributed by atoms with Crippen LogP contribution in [0.5, 0.6) is 11.5 Å². The minimum absolute atomic E-state index is 0.0116. The molecule has 2 aromatic heterocycles. The maximum absolute atomic E-state index is 13.1. The molecule has 0 aliphatic carbocycles. The predicted molar refractivity (Wildman–Crippen MR) is 105 cm³/mol. The topological polar surface area (TPSA) is 64.6 Å². The lowest BCUT2D eigenvalue weighted by Crippen LogP contribution is -2.26. The van der Waals surface area contributed by atoms with Gasteiger partial charge in [0, 0.05) is 24.7 Å². The smallest absolute Gasteiger partial charge is 0.264 e. The van der Waals surface area contributed by atoms with Gasteiger partial charge in [-0.2, -0.15) is 0 Å². The lowest BCUT2D eigenvalue weighted by Gasteiger charge is -2.21. The number of benzene rings is 1. The zero-order valence-electron chi connectivity index (χ0n) is 15.8. The van der Waals surface area contributed by atoms with Gasteiger partial charge in [0.1, 0.15) is 23.9 Å². The Morgan fingerprint density at radius 1 is 1.15 bits per heavy atom. The number of amides is 1. The number of thiophene rings is 1. The Bertz CT molecular complexity index is 1040. The number of aryl methyl sites for hydroxylation is 3. The summed E-state index contributed by atoms with van der Waals surface area (Å²) in [6.45, 7) is 7.41. The molecule has 0 saturated carbocycles. The summed E-state index contributed by atoms with van der Waals surface area (Å²) in [7, 11) is 1.81. The van der Waals surface area contributed by atoms with Crippen LogP contribution in [0.4, 0.5) is 0 Å². The van der Waals surface area contributed by atoms with Crippen molar-refractivity contribution in [2.75, 3.05) is 20.3 Å². The first-order valence-electron chi connectivity index (χ1n) is 8.82. The molecule has 4 rings (SSSR count). The van der Waals surface area contributed by atoms with Gasteiger partial charge >= 0.3 is 0 Å². The summed E-state index contributed by atoms with van der Waals surface area (Å²) < 4.78 is 11.2. The van der Waals surface area contributed by atoms with Crippen LogP contribution in [-0.2, 0) is 6.54 Å². The molecule has 0 unspecified atom stereocenters. The first-order chi connectivity index (χ1) is 12.9. The van der Waals surface area contributed by atoms with E-state index in [0.717, 1.165) is 44.4 Å². The molecular formula is C20H21N3O3S. The van der Waals surface area contributed by atoms with E-state index in [-0.39, 0.29) is 5.91 Å². The van der Waals surface area contributed by atoms with Crippen molar-refractivity contribution < 1.29 is 14.3 Å². The molecular weight excluding hydrogens is 362 g/mol.